The van der Waals surface area contributed by atoms with Crippen molar-refractivity contribution in [1.29, 1.82) is 0 Å². The van der Waals surface area contributed by atoms with Crippen molar-refractivity contribution >= 4 is 17.6 Å². The van der Waals surface area contributed by atoms with Crippen LogP contribution in [0.2, 0.25) is 0 Å². The summed E-state index contributed by atoms with van der Waals surface area (Å²) in [5.74, 6) is -0.491. The van der Waals surface area contributed by atoms with Gasteiger partial charge in [0.2, 0.25) is 0 Å². The Balaban J connectivity index is 2.23. The first-order chi connectivity index (χ1) is 15.6. The van der Waals surface area contributed by atoms with E-state index < -0.39 is 23.7 Å². The topological polar surface area (TPSA) is 55.8 Å². The summed E-state index contributed by atoms with van der Waals surface area (Å²) in [6, 6.07) is 16.3. The molecule has 0 aliphatic carbocycles. The van der Waals surface area contributed by atoms with E-state index in [4.69, 9.17) is 9.47 Å². The number of carbonyl (C=O) groups is 2. The number of hydrogen-bond donors (Lipinski definition) is 0. The highest BCUT2D eigenvalue weighted by Gasteiger charge is 2.31. The second-order valence-electron chi connectivity index (χ2n) is 8.66. The molecule has 0 saturated heterocycles. The molecule has 33 heavy (non-hydrogen) atoms. The average molecular weight is 448 g/mol. The third-order valence-corrected chi connectivity index (χ3v) is 4.88. The van der Waals surface area contributed by atoms with Gasteiger partial charge in [0.25, 0.3) is 0 Å². The van der Waals surface area contributed by atoms with Crippen LogP contribution in [-0.4, -0.2) is 35.7 Å². The van der Waals surface area contributed by atoms with Crippen molar-refractivity contribution in [2.75, 3.05) is 7.05 Å². The van der Waals surface area contributed by atoms with Gasteiger partial charge in [0.05, 0.1) is 0 Å². The largest absolute Gasteiger partial charge is 0.459 e. The van der Waals surface area contributed by atoms with Gasteiger partial charge in [0.15, 0.2) is 0 Å². The molecule has 0 N–H and O–H groups in total. The maximum atomic E-state index is 13.0. The number of benzene rings is 2. The molecule has 1 unspecified atom stereocenters. The Labute approximate surface area is 197 Å². The lowest BCUT2D eigenvalue weighted by molar-refractivity contribution is -0.150. The third kappa shape index (κ3) is 8.11. The summed E-state index contributed by atoms with van der Waals surface area (Å²) in [7, 11) is 1.56. The molecule has 0 heterocycles. The highest BCUT2D eigenvalue weighted by atomic mass is 16.6. The lowest BCUT2D eigenvalue weighted by Gasteiger charge is -2.29. The minimum Gasteiger partial charge on any atom is -0.459 e. The Morgan fingerprint density at radius 1 is 1.00 bits per heavy atom. The van der Waals surface area contributed by atoms with Crippen LogP contribution in [0.15, 0.2) is 86.0 Å². The zero-order chi connectivity index (χ0) is 24.4. The van der Waals surface area contributed by atoms with Gasteiger partial charge in [-0.15, -0.1) is 0 Å². The van der Waals surface area contributed by atoms with Gasteiger partial charge in [-0.3, -0.25) is 4.90 Å². The number of esters is 1. The average Bonchev–Trinajstić information content (AvgIpc) is 2.79. The van der Waals surface area contributed by atoms with E-state index in [1.807, 2.05) is 60.7 Å². The number of rotatable bonds is 9. The third-order valence-electron chi connectivity index (χ3n) is 4.88. The Morgan fingerprint density at radius 2 is 1.64 bits per heavy atom. The molecule has 2 aromatic carbocycles. The van der Waals surface area contributed by atoms with Crippen LogP contribution in [0.5, 0.6) is 0 Å². The van der Waals surface area contributed by atoms with Crippen molar-refractivity contribution in [3.63, 3.8) is 0 Å². The van der Waals surface area contributed by atoms with Crippen molar-refractivity contribution in [3.05, 3.63) is 103 Å². The normalized spacial score (nSPS) is 12.4. The van der Waals surface area contributed by atoms with Gasteiger partial charge < -0.3 is 9.47 Å². The van der Waals surface area contributed by atoms with E-state index in [9.17, 15) is 9.59 Å². The van der Waals surface area contributed by atoms with Crippen LogP contribution in [0, 0.1) is 0 Å². The number of hydrogen-bond acceptors (Lipinski definition) is 4. The number of ether oxygens (including phenoxy) is 2. The predicted octanol–water partition coefficient (Wildman–Crippen LogP) is 5.96. The maximum Gasteiger partial charge on any atom is 0.410 e. The van der Waals surface area contributed by atoms with E-state index in [0.717, 1.165) is 22.3 Å². The summed E-state index contributed by atoms with van der Waals surface area (Å²) in [4.78, 5) is 27.0. The van der Waals surface area contributed by atoms with Crippen LogP contribution < -0.4 is 0 Å². The summed E-state index contributed by atoms with van der Waals surface area (Å²) in [5, 5.41) is 0. The van der Waals surface area contributed by atoms with Crippen molar-refractivity contribution in [3.8, 4) is 0 Å². The first-order valence-corrected chi connectivity index (χ1v) is 10.9. The SMILES string of the molecule is C=C/C=C(\C=C)c1ccc(CC(C(=O)OCc2ccccc2)N(C)C(=O)OC(C)(C)C)cc1. The molecule has 0 aliphatic rings. The summed E-state index contributed by atoms with van der Waals surface area (Å²) >= 11 is 0. The van der Waals surface area contributed by atoms with Crippen molar-refractivity contribution in [2.45, 2.75) is 45.4 Å². The molecule has 0 fully saturated rings. The highest BCUT2D eigenvalue weighted by molar-refractivity contribution is 5.82. The van der Waals surface area contributed by atoms with Crippen molar-refractivity contribution in [1.82, 2.24) is 4.90 Å². The Hall–Kier alpha value is -3.60. The van der Waals surface area contributed by atoms with E-state index in [1.165, 1.54) is 4.90 Å². The lowest BCUT2D eigenvalue weighted by Crippen LogP contribution is -2.46. The van der Waals surface area contributed by atoms with Gasteiger partial charge >= 0.3 is 12.1 Å². The molecule has 1 amide bonds. The van der Waals surface area contributed by atoms with Crippen LogP contribution >= 0.6 is 0 Å². The summed E-state index contributed by atoms with van der Waals surface area (Å²) < 4.78 is 11.0. The molecule has 0 bridgehead atoms. The van der Waals surface area contributed by atoms with Crippen LogP contribution in [0.3, 0.4) is 0 Å². The van der Waals surface area contributed by atoms with E-state index >= 15 is 0 Å². The molecule has 0 aliphatic heterocycles. The highest BCUT2D eigenvalue weighted by Crippen LogP contribution is 2.19. The molecular formula is C28H33NO4. The van der Waals surface area contributed by atoms with Gasteiger partial charge in [-0.1, -0.05) is 86.0 Å². The van der Waals surface area contributed by atoms with E-state index in [-0.39, 0.29) is 13.0 Å². The van der Waals surface area contributed by atoms with Gasteiger partial charge in [-0.05, 0) is 43.0 Å². The van der Waals surface area contributed by atoms with Gasteiger partial charge in [-0.2, -0.15) is 0 Å². The van der Waals surface area contributed by atoms with E-state index in [0.29, 0.717) is 0 Å². The molecule has 0 radical (unpaired) electrons. The molecule has 0 aromatic heterocycles. The van der Waals surface area contributed by atoms with E-state index in [2.05, 4.69) is 13.2 Å². The summed E-state index contributed by atoms with van der Waals surface area (Å²) in [6.45, 7) is 13.0. The molecule has 0 saturated carbocycles. The summed E-state index contributed by atoms with van der Waals surface area (Å²) in [6.07, 6.45) is 5.06. The first-order valence-electron chi connectivity index (χ1n) is 10.9. The predicted molar refractivity (Wildman–Crippen MR) is 133 cm³/mol. The van der Waals surface area contributed by atoms with Crippen LogP contribution in [0.4, 0.5) is 4.79 Å². The van der Waals surface area contributed by atoms with E-state index in [1.54, 1.807) is 40.0 Å². The van der Waals surface area contributed by atoms with Crippen LogP contribution in [0.25, 0.3) is 5.57 Å². The molecule has 0 spiro atoms. The number of nitrogens with zero attached hydrogens (tertiary/aromatic N) is 1. The maximum absolute atomic E-state index is 13.0. The zero-order valence-electron chi connectivity index (χ0n) is 19.9. The van der Waals surface area contributed by atoms with Gasteiger partial charge in [0.1, 0.15) is 18.2 Å². The number of allylic oxidation sites excluding steroid dienone is 4. The Morgan fingerprint density at radius 3 is 2.18 bits per heavy atom. The number of amides is 1. The zero-order valence-corrected chi connectivity index (χ0v) is 19.9. The molecule has 174 valence electrons. The fourth-order valence-corrected chi connectivity index (χ4v) is 3.13. The second kappa shape index (κ2) is 11.9. The molecular weight excluding hydrogens is 414 g/mol. The van der Waals surface area contributed by atoms with Crippen LogP contribution in [0.1, 0.15) is 37.5 Å². The molecule has 2 aromatic rings. The number of likely N-dealkylation sites (N-methyl/N-ethyl adjacent to an activating group) is 1. The van der Waals surface area contributed by atoms with Gasteiger partial charge in [-0.25, -0.2) is 9.59 Å². The van der Waals surface area contributed by atoms with Crippen molar-refractivity contribution < 1.29 is 19.1 Å². The Kier molecular flexibility index (Phi) is 9.22. The molecule has 2 rings (SSSR count). The van der Waals surface area contributed by atoms with Crippen molar-refractivity contribution in [2.24, 2.45) is 0 Å². The second-order valence-corrected chi connectivity index (χ2v) is 8.66. The fraction of sp³-hybridized carbons (Fsp3) is 0.286. The lowest BCUT2D eigenvalue weighted by atomic mass is 10.00. The minimum absolute atomic E-state index is 0.131. The fourth-order valence-electron chi connectivity index (χ4n) is 3.13. The molecule has 1 atom stereocenters. The quantitative estimate of drug-likeness (QED) is 0.351. The minimum atomic E-state index is -0.836. The standard InChI is InChI=1S/C28H33NO4/c1-7-12-23(8-2)24-17-15-21(16-18-24)19-25(29(6)27(31)33-28(3,4)5)26(30)32-20-22-13-10-9-11-14-22/h7-18,25H,1-2,19-20H2,3-6H3/b23-12+. The van der Waals surface area contributed by atoms with Crippen LogP contribution in [-0.2, 0) is 27.3 Å². The molecule has 5 heteroatoms. The molecule has 5 nitrogen and oxygen atoms in total. The Bertz CT molecular complexity index is 985. The first kappa shape index (κ1) is 25.7. The smallest absolute Gasteiger partial charge is 0.410 e. The number of carbonyl (C=O) groups excluding carboxylic acids is 2. The summed E-state index contributed by atoms with van der Waals surface area (Å²) in [5.41, 5.74) is 3.01. The van der Waals surface area contributed by atoms with Gasteiger partial charge in [0, 0.05) is 13.5 Å². The monoisotopic (exact) mass is 447 g/mol.